The first kappa shape index (κ1) is 15.1. The monoisotopic (exact) mass is 334 g/mol. The number of aromatic amines is 1. The molecule has 0 unspecified atom stereocenters. The van der Waals surface area contributed by atoms with Gasteiger partial charge in [-0.15, -0.1) is 6.42 Å². The molecule has 3 rings (SSSR count). The van der Waals surface area contributed by atoms with Crippen molar-refractivity contribution >= 4 is 28.6 Å². The van der Waals surface area contributed by atoms with E-state index in [0.29, 0.717) is 10.5 Å². The van der Waals surface area contributed by atoms with Crippen molar-refractivity contribution in [3.63, 3.8) is 0 Å². The second-order valence-electron chi connectivity index (χ2n) is 4.70. The Morgan fingerprint density at radius 2 is 2.30 bits per heavy atom. The van der Waals surface area contributed by atoms with E-state index in [-0.39, 0.29) is 35.4 Å². The highest BCUT2D eigenvalue weighted by Crippen LogP contribution is 2.37. The molecular formula is C14H11FN4O3S. The molecule has 9 heteroatoms. The summed E-state index contributed by atoms with van der Waals surface area (Å²) < 4.78 is 20.8. The molecule has 0 bridgehead atoms. The smallest absolute Gasteiger partial charge is 0.322 e. The number of terminal acetylenes is 1. The molecule has 0 radical (unpaired) electrons. The summed E-state index contributed by atoms with van der Waals surface area (Å²) in [5.74, 6) is 1.67. The van der Waals surface area contributed by atoms with Crippen molar-refractivity contribution in [1.29, 1.82) is 0 Å². The van der Waals surface area contributed by atoms with Gasteiger partial charge in [-0.05, 0) is 17.4 Å². The van der Waals surface area contributed by atoms with Gasteiger partial charge in [-0.2, -0.15) is 0 Å². The Bertz CT molecular complexity index is 950. The maximum Gasteiger partial charge on any atom is 0.322 e. The first-order valence-electron chi connectivity index (χ1n) is 6.50. The highest BCUT2D eigenvalue weighted by atomic mass is 32.1. The average molecular weight is 334 g/mol. The molecule has 0 saturated heterocycles. The Kier molecular flexibility index (Phi) is 3.75. The van der Waals surface area contributed by atoms with Crippen LogP contribution in [0.1, 0.15) is 0 Å². The Morgan fingerprint density at radius 1 is 1.52 bits per heavy atom. The van der Waals surface area contributed by atoms with Gasteiger partial charge in [0, 0.05) is 13.1 Å². The van der Waals surface area contributed by atoms with Gasteiger partial charge in [0.15, 0.2) is 12.4 Å². The molecule has 1 aromatic carbocycles. The van der Waals surface area contributed by atoms with Crippen LogP contribution in [0.3, 0.4) is 0 Å². The van der Waals surface area contributed by atoms with E-state index in [0.717, 1.165) is 17.4 Å². The molecule has 0 aliphatic carbocycles. The molecule has 23 heavy (non-hydrogen) atoms. The van der Waals surface area contributed by atoms with Crippen molar-refractivity contribution in [2.45, 2.75) is 0 Å². The minimum Gasteiger partial charge on any atom is -0.481 e. The van der Waals surface area contributed by atoms with Gasteiger partial charge in [-0.3, -0.25) is 24.3 Å². The number of nitrogens with one attached hydrogen (secondary N) is 1. The number of hydrogen-bond acceptors (Lipinski definition) is 5. The Hall–Kier alpha value is -2.86. The zero-order valence-electron chi connectivity index (χ0n) is 12.0. The van der Waals surface area contributed by atoms with E-state index in [1.165, 1.54) is 15.6 Å². The van der Waals surface area contributed by atoms with Crippen molar-refractivity contribution in [3.8, 4) is 18.1 Å². The molecule has 0 spiro atoms. The van der Waals surface area contributed by atoms with Gasteiger partial charge in [0.25, 0.3) is 5.91 Å². The Morgan fingerprint density at radius 3 is 2.96 bits per heavy atom. The van der Waals surface area contributed by atoms with E-state index in [4.69, 9.17) is 11.2 Å². The molecule has 2 aromatic rings. The van der Waals surface area contributed by atoms with E-state index in [9.17, 15) is 14.0 Å². The maximum absolute atomic E-state index is 14.2. The third kappa shape index (κ3) is 2.76. The number of halogens is 1. The molecule has 1 N–H and O–H groups in total. The first-order valence-corrected chi connectivity index (χ1v) is 7.32. The molecule has 2 heterocycles. The van der Waals surface area contributed by atoms with Crippen molar-refractivity contribution in [2.24, 2.45) is 12.0 Å². The quantitative estimate of drug-likeness (QED) is 0.813. The van der Waals surface area contributed by atoms with Crippen molar-refractivity contribution < 1.29 is 13.9 Å². The molecule has 1 aliphatic heterocycles. The summed E-state index contributed by atoms with van der Waals surface area (Å²) in [5.41, 5.74) is 0.333. The molecular weight excluding hydrogens is 323 g/mol. The molecule has 1 aliphatic rings. The Labute approximate surface area is 133 Å². The van der Waals surface area contributed by atoms with E-state index >= 15 is 0 Å². The van der Waals surface area contributed by atoms with Crippen LogP contribution >= 0.6 is 11.3 Å². The summed E-state index contributed by atoms with van der Waals surface area (Å²) in [6.07, 6.45) is 5.27. The third-order valence-corrected chi connectivity index (χ3v) is 3.99. The largest absolute Gasteiger partial charge is 0.481 e. The molecule has 0 saturated carbocycles. The number of carbonyl (C=O) groups excluding carboxylic acids is 1. The highest BCUT2D eigenvalue weighted by Gasteiger charge is 2.26. The van der Waals surface area contributed by atoms with E-state index in [2.05, 4.69) is 16.0 Å². The maximum atomic E-state index is 14.2. The van der Waals surface area contributed by atoms with Crippen LogP contribution in [0.25, 0.3) is 0 Å². The topological polar surface area (TPSA) is 79.7 Å². The second-order valence-corrected chi connectivity index (χ2v) is 5.64. The zero-order chi connectivity index (χ0) is 16.6. The predicted octanol–water partition coefficient (Wildman–Crippen LogP) is 0.505. The van der Waals surface area contributed by atoms with E-state index in [1.807, 2.05) is 0 Å². The highest BCUT2D eigenvalue weighted by molar-refractivity contribution is 7.06. The van der Waals surface area contributed by atoms with Crippen LogP contribution in [0.2, 0.25) is 0 Å². The number of carbonyl (C=O) groups is 1. The zero-order valence-corrected chi connectivity index (χ0v) is 12.8. The fraction of sp³-hybridized carbons (Fsp3) is 0.214. The molecule has 7 nitrogen and oxygen atoms in total. The average Bonchev–Trinajstić information content (AvgIpc) is 2.81. The Balaban J connectivity index is 2.16. The third-order valence-electron chi connectivity index (χ3n) is 3.17. The molecule has 1 aromatic heterocycles. The fourth-order valence-electron chi connectivity index (χ4n) is 2.12. The summed E-state index contributed by atoms with van der Waals surface area (Å²) in [6.45, 7) is -0.148. The van der Waals surface area contributed by atoms with E-state index in [1.54, 1.807) is 7.05 Å². The minimum absolute atomic E-state index is 0.0186. The fourth-order valence-corrected chi connectivity index (χ4v) is 2.80. The minimum atomic E-state index is -0.625. The van der Waals surface area contributed by atoms with E-state index < -0.39 is 5.82 Å². The molecule has 1 amide bonds. The van der Waals surface area contributed by atoms with Gasteiger partial charge in [0.05, 0.1) is 12.2 Å². The number of H-pyrrole nitrogens is 1. The summed E-state index contributed by atoms with van der Waals surface area (Å²) in [5, 5.41) is 2.49. The molecule has 0 atom stereocenters. The van der Waals surface area contributed by atoms with Crippen LogP contribution in [-0.4, -0.2) is 28.8 Å². The van der Waals surface area contributed by atoms with Gasteiger partial charge < -0.3 is 4.74 Å². The second kappa shape index (κ2) is 5.73. The van der Waals surface area contributed by atoms with Gasteiger partial charge in [-0.25, -0.2) is 9.38 Å². The molecule has 0 fully saturated rings. The lowest BCUT2D eigenvalue weighted by Crippen LogP contribution is -2.39. The van der Waals surface area contributed by atoms with Gasteiger partial charge >= 0.3 is 4.87 Å². The lowest BCUT2D eigenvalue weighted by molar-refractivity contribution is -0.121. The number of benzene rings is 1. The van der Waals surface area contributed by atoms with Gasteiger partial charge in [-0.1, -0.05) is 5.92 Å². The van der Waals surface area contributed by atoms with Crippen LogP contribution < -0.4 is 19.3 Å². The molecule has 118 valence electrons. The van der Waals surface area contributed by atoms with Crippen LogP contribution in [0.4, 0.5) is 15.8 Å². The summed E-state index contributed by atoms with van der Waals surface area (Å²) in [7, 11) is 1.59. The number of aromatic nitrogens is 2. The first-order chi connectivity index (χ1) is 11.0. The number of hydrogen-bond donors (Lipinski definition) is 1. The lowest BCUT2D eigenvalue weighted by Gasteiger charge is -2.28. The van der Waals surface area contributed by atoms with Crippen molar-refractivity contribution in [1.82, 2.24) is 9.78 Å². The number of nitrogens with zero attached hydrogens (tertiary/aromatic N) is 3. The SMILES string of the molecule is C#CCN1C(=O)COc2cc(F)c(N=c3sc(=O)[nH]n3C)cc21. The standard InChI is InChI=1S/C14H11FN4O3S/c1-3-4-19-10-6-9(16-13-18(2)17-14(21)23-13)8(15)5-11(10)22-7-12(19)20/h1,5-6H,4,7H2,2H3,(H,17,21). The number of fused-ring (bicyclic) bond motifs is 1. The van der Waals surface area contributed by atoms with Crippen molar-refractivity contribution in [2.75, 3.05) is 18.1 Å². The number of ether oxygens (including phenoxy) is 1. The summed E-state index contributed by atoms with van der Waals surface area (Å²) in [4.78, 5) is 28.6. The number of aryl methyl sites for hydroxylation is 1. The predicted molar refractivity (Wildman–Crippen MR) is 82.2 cm³/mol. The van der Waals surface area contributed by atoms with Crippen LogP contribution in [0, 0.1) is 18.2 Å². The number of amides is 1. The van der Waals surface area contributed by atoms with Crippen LogP contribution in [0.15, 0.2) is 21.9 Å². The summed E-state index contributed by atoms with van der Waals surface area (Å²) in [6, 6.07) is 2.53. The van der Waals surface area contributed by atoms with Crippen LogP contribution in [-0.2, 0) is 11.8 Å². The number of rotatable bonds is 2. The van der Waals surface area contributed by atoms with Crippen LogP contribution in [0.5, 0.6) is 5.75 Å². The van der Waals surface area contributed by atoms with Gasteiger partial charge in [0.2, 0.25) is 4.80 Å². The van der Waals surface area contributed by atoms with Gasteiger partial charge in [0.1, 0.15) is 11.4 Å². The van der Waals surface area contributed by atoms with Crippen molar-refractivity contribution in [3.05, 3.63) is 32.4 Å². The normalized spacial score (nSPS) is 14.4. The lowest BCUT2D eigenvalue weighted by atomic mass is 10.2. The summed E-state index contributed by atoms with van der Waals surface area (Å²) >= 11 is 0.841. The number of anilines is 1.